The number of fused-ring (bicyclic) bond motifs is 1. The fraction of sp³-hybridized carbons (Fsp3) is 0. The second kappa shape index (κ2) is 4.94. The molecule has 1 aliphatic carbocycles. The van der Waals surface area contributed by atoms with Gasteiger partial charge in [0.1, 0.15) is 5.76 Å². The van der Waals surface area contributed by atoms with E-state index in [4.69, 9.17) is 4.55 Å². The third-order valence-corrected chi connectivity index (χ3v) is 3.21. The quantitative estimate of drug-likeness (QED) is 0.339. The van der Waals surface area contributed by atoms with E-state index in [1.807, 2.05) is 0 Å². The van der Waals surface area contributed by atoms with E-state index in [-0.39, 0.29) is 42.1 Å². The summed E-state index contributed by atoms with van der Waals surface area (Å²) in [7, 11) is -4.94. The van der Waals surface area contributed by atoms with Gasteiger partial charge in [0.25, 0.3) is 5.78 Å². The third-order valence-electron chi connectivity index (χ3n) is 2.31. The number of carbonyl (C=O) groups excluding carboxylic acids is 2. The van der Waals surface area contributed by atoms with Gasteiger partial charge in [-0.1, -0.05) is 24.3 Å². The zero-order chi connectivity index (χ0) is 12.8. The van der Waals surface area contributed by atoms with Gasteiger partial charge in [-0.25, -0.2) is 0 Å². The van der Waals surface area contributed by atoms with Crippen LogP contribution in [-0.4, -0.2) is 29.6 Å². The van der Waals surface area contributed by atoms with Crippen molar-refractivity contribution in [3.63, 3.8) is 0 Å². The van der Waals surface area contributed by atoms with E-state index in [1.165, 1.54) is 24.3 Å². The first-order valence-corrected chi connectivity index (χ1v) is 5.87. The van der Waals surface area contributed by atoms with Crippen LogP contribution in [0.4, 0.5) is 0 Å². The van der Waals surface area contributed by atoms with Crippen LogP contribution in [-0.2, 0) is 14.9 Å². The van der Waals surface area contributed by atoms with E-state index >= 15 is 0 Å². The molecule has 0 bridgehead atoms. The molecule has 0 fully saturated rings. The fourth-order valence-electron chi connectivity index (χ4n) is 1.58. The molecular formula is C10H7NaO6S. The van der Waals surface area contributed by atoms with Gasteiger partial charge in [-0.05, 0) is 0 Å². The average molecular weight is 278 g/mol. The zero-order valence-electron chi connectivity index (χ0n) is 10.2. The molecule has 0 spiro atoms. The van der Waals surface area contributed by atoms with Crippen LogP contribution in [0.1, 0.15) is 17.3 Å². The summed E-state index contributed by atoms with van der Waals surface area (Å²) < 4.78 is 30.7. The summed E-state index contributed by atoms with van der Waals surface area (Å²) in [5.41, 5.74) is -0.188. The Morgan fingerprint density at radius 1 is 1.00 bits per heavy atom. The molecular weight excluding hydrogens is 271 g/mol. The van der Waals surface area contributed by atoms with Crippen molar-refractivity contribution < 1.29 is 58.7 Å². The molecule has 0 aliphatic heterocycles. The number of hydrogen-bond acceptors (Lipinski definition) is 5. The third kappa shape index (κ3) is 2.27. The van der Waals surface area contributed by atoms with Crippen molar-refractivity contribution in [2.45, 2.75) is 0 Å². The number of aliphatic hydroxyl groups is 1. The Morgan fingerprint density at radius 2 is 1.50 bits per heavy atom. The molecule has 0 radical (unpaired) electrons. The van der Waals surface area contributed by atoms with Gasteiger partial charge in [-0.3, -0.25) is 14.1 Å². The number of aliphatic hydroxyl groups excluding tert-OH is 1. The van der Waals surface area contributed by atoms with E-state index in [0.29, 0.717) is 0 Å². The van der Waals surface area contributed by atoms with Crippen LogP contribution in [0.15, 0.2) is 29.2 Å². The van der Waals surface area contributed by atoms with E-state index in [1.54, 1.807) is 0 Å². The number of hydrogen-bond donors (Lipinski definition) is 2. The molecule has 0 unspecified atom stereocenters. The molecule has 0 aromatic heterocycles. The molecule has 18 heavy (non-hydrogen) atoms. The van der Waals surface area contributed by atoms with Crippen molar-refractivity contribution in [3.05, 3.63) is 40.3 Å². The largest absolute Gasteiger partial charge is 1.00 e. The number of carbonyl (C=O) groups is 2. The Kier molecular flexibility index (Phi) is 4.14. The van der Waals surface area contributed by atoms with Gasteiger partial charge in [0.2, 0.25) is 5.78 Å². The van der Waals surface area contributed by atoms with Gasteiger partial charge in [-0.15, -0.1) is 0 Å². The van der Waals surface area contributed by atoms with Gasteiger partial charge in [0.15, 0.2) is 4.91 Å². The summed E-state index contributed by atoms with van der Waals surface area (Å²) in [5, 5.41) is 9.61. The normalized spacial score (nSPS) is 15.2. The number of rotatable bonds is 1. The molecule has 6 nitrogen and oxygen atoms in total. The smallest absolute Gasteiger partial charge is 1.00 e. The minimum atomic E-state index is -4.94. The molecule has 0 atom stereocenters. The Labute approximate surface area is 126 Å². The second-order valence-electron chi connectivity index (χ2n) is 3.36. The Hall–Kier alpha value is -0.990. The molecule has 90 valence electrons. The molecule has 8 heteroatoms. The van der Waals surface area contributed by atoms with E-state index in [0.717, 1.165) is 0 Å². The fourth-order valence-corrected chi connectivity index (χ4v) is 2.26. The van der Waals surface area contributed by atoms with Crippen molar-refractivity contribution in [2.75, 3.05) is 0 Å². The first kappa shape index (κ1) is 15.1. The maximum absolute atomic E-state index is 11.5. The van der Waals surface area contributed by atoms with Crippen LogP contribution in [0.2, 0.25) is 0 Å². The summed E-state index contributed by atoms with van der Waals surface area (Å²) in [6.07, 6.45) is 0. The number of ketones is 2. The molecule has 0 heterocycles. The van der Waals surface area contributed by atoms with E-state index < -0.39 is 32.3 Å². The Balaban J connectivity index is 0.00000162. The summed E-state index contributed by atoms with van der Waals surface area (Å²) in [5.74, 6) is -3.43. The summed E-state index contributed by atoms with van der Waals surface area (Å²) in [4.78, 5) is 21.7. The maximum atomic E-state index is 11.5. The van der Waals surface area contributed by atoms with Crippen LogP contribution in [0.25, 0.3) is 5.76 Å². The number of Topliss-reactive ketones (excluding diaryl/α,β-unsaturated/α-hetero) is 2. The predicted octanol–water partition coefficient (Wildman–Crippen LogP) is -2.32. The Bertz CT molecular complexity index is 679. The van der Waals surface area contributed by atoms with Crippen LogP contribution >= 0.6 is 0 Å². The first-order chi connectivity index (χ1) is 7.84. The summed E-state index contributed by atoms with van der Waals surface area (Å²) >= 11 is 0. The van der Waals surface area contributed by atoms with Crippen molar-refractivity contribution in [3.8, 4) is 0 Å². The van der Waals surface area contributed by atoms with Gasteiger partial charge in [0.05, 0.1) is 0 Å². The van der Waals surface area contributed by atoms with Crippen molar-refractivity contribution in [1.82, 2.24) is 0 Å². The van der Waals surface area contributed by atoms with Crippen molar-refractivity contribution in [1.29, 1.82) is 0 Å². The van der Waals surface area contributed by atoms with Crippen LogP contribution in [0.3, 0.4) is 0 Å². The molecule has 0 amide bonds. The van der Waals surface area contributed by atoms with Crippen LogP contribution in [0.5, 0.6) is 0 Å². The first-order valence-electron chi connectivity index (χ1n) is 4.43. The molecule has 1 aromatic carbocycles. The SMILES string of the molecule is O=C1C(=O)c2ccccc2C(O)=C1S(=O)(=O)O.[H-].[Na+]. The zero-order valence-corrected chi connectivity index (χ0v) is 12.1. The van der Waals surface area contributed by atoms with Crippen LogP contribution < -0.4 is 29.6 Å². The standard InChI is InChI=1S/C10H6O6S.Na.H/c11-7-5-3-1-2-4-6(5)8(12)10(9(7)13)17(14,15)16;;/h1-4,12H,(H,14,15,16);;/q;+1;-1. The van der Waals surface area contributed by atoms with Gasteiger partial charge in [-0.2, -0.15) is 8.42 Å². The van der Waals surface area contributed by atoms with Crippen molar-refractivity contribution in [2.24, 2.45) is 0 Å². The monoisotopic (exact) mass is 278 g/mol. The summed E-state index contributed by atoms with van der Waals surface area (Å²) in [6, 6.07) is 5.49. The molecule has 1 aliphatic rings. The Morgan fingerprint density at radius 3 is 2.00 bits per heavy atom. The molecule has 2 N–H and O–H groups in total. The average Bonchev–Trinajstić information content (AvgIpc) is 2.24. The maximum Gasteiger partial charge on any atom is 1.00 e. The van der Waals surface area contributed by atoms with Crippen molar-refractivity contribution >= 4 is 27.4 Å². The van der Waals surface area contributed by atoms with Crippen LogP contribution in [0, 0.1) is 0 Å². The molecule has 0 saturated heterocycles. The van der Waals surface area contributed by atoms with Gasteiger partial charge >= 0.3 is 39.7 Å². The van der Waals surface area contributed by atoms with Gasteiger partial charge in [0, 0.05) is 11.1 Å². The second-order valence-corrected chi connectivity index (χ2v) is 4.72. The van der Waals surface area contributed by atoms with E-state index in [2.05, 4.69) is 0 Å². The minimum Gasteiger partial charge on any atom is -1.00 e. The number of benzene rings is 1. The molecule has 0 saturated carbocycles. The molecule has 2 rings (SSSR count). The van der Waals surface area contributed by atoms with E-state index in [9.17, 15) is 23.1 Å². The minimum absolute atomic E-state index is 0. The molecule has 1 aromatic rings. The topological polar surface area (TPSA) is 109 Å². The predicted molar refractivity (Wildman–Crippen MR) is 58.0 cm³/mol. The number of allylic oxidation sites excluding steroid dienone is 1. The van der Waals surface area contributed by atoms with Gasteiger partial charge < -0.3 is 6.53 Å². The summed E-state index contributed by atoms with van der Waals surface area (Å²) in [6.45, 7) is 0.